The third-order valence-corrected chi connectivity index (χ3v) is 2.62. The molecule has 0 aliphatic rings. The van der Waals surface area contributed by atoms with Crippen molar-refractivity contribution in [3.8, 4) is 0 Å². The van der Waals surface area contributed by atoms with Crippen LogP contribution in [0.3, 0.4) is 0 Å². The zero-order valence-electron chi connectivity index (χ0n) is 10.6. The van der Waals surface area contributed by atoms with Crippen LogP contribution in [0.25, 0.3) is 0 Å². The second kappa shape index (κ2) is 8.25. The first kappa shape index (κ1) is 13.9. The molecule has 0 aromatic carbocycles. The molecule has 86 valence electrons. The van der Waals surface area contributed by atoms with E-state index in [2.05, 4.69) is 44.8 Å². The molecule has 0 saturated carbocycles. The summed E-state index contributed by atoms with van der Waals surface area (Å²) < 4.78 is 0. The lowest BCUT2D eigenvalue weighted by Crippen LogP contribution is -2.37. The third kappa shape index (κ3) is 6.39. The minimum atomic E-state index is 0.710. The Hall–Kier alpha value is -0.0800. The van der Waals surface area contributed by atoms with Gasteiger partial charge in [-0.25, -0.2) is 0 Å². The highest BCUT2D eigenvalue weighted by atomic mass is 15.1. The van der Waals surface area contributed by atoms with Gasteiger partial charge in [0.05, 0.1) is 0 Å². The van der Waals surface area contributed by atoms with Crippen molar-refractivity contribution in [3.05, 3.63) is 0 Å². The summed E-state index contributed by atoms with van der Waals surface area (Å²) in [6.45, 7) is 16.0. The molecule has 0 aromatic heterocycles. The lowest BCUT2D eigenvalue weighted by Gasteiger charge is -2.29. The first-order chi connectivity index (χ1) is 6.61. The Morgan fingerprint density at radius 3 is 2.21 bits per heavy atom. The Balaban J connectivity index is 3.73. The average molecular weight is 200 g/mol. The van der Waals surface area contributed by atoms with Gasteiger partial charge in [0.15, 0.2) is 0 Å². The van der Waals surface area contributed by atoms with Crippen LogP contribution in [0.2, 0.25) is 0 Å². The second-order valence-corrected chi connectivity index (χ2v) is 4.47. The molecule has 0 radical (unpaired) electrons. The van der Waals surface area contributed by atoms with Gasteiger partial charge in [-0.15, -0.1) is 0 Å². The van der Waals surface area contributed by atoms with Crippen molar-refractivity contribution in [2.24, 2.45) is 5.92 Å². The lowest BCUT2D eigenvalue weighted by molar-refractivity contribution is 0.187. The van der Waals surface area contributed by atoms with Crippen molar-refractivity contribution in [1.82, 2.24) is 10.2 Å². The van der Waals surface area contributed by atoms with Crippen LogP contribution in [0.4, 0.5) is 0 Å². The van der Waals surface area contributed by atoms with E-state index >= 15 is 0 Å². The molecule has 0 aromatic rings. The van der Waals surface area contributed by atoms with Crippen molar-refractivity contribution >= 4 is 0 Å². The molecule has 0 aliphatic heterocycles. The minimum Gasteiger partial charge on any atom is -0.317 e. The van der Waals surface area contributed by atoms with Gasteiger partial charge >= 0.3 is 0 Å². The molecule has 0 spiro atoms. The van der Waals surface area contributed by atoms with Gasteiger partial charge in [0, 0.05) is 12.6 Å². The molecule has 0 heterocycles. The van der Waals surface area contributed by atoms with E-state index in [1.807, 2.05) is 0 Å². The van der Waals surface area contributed by atoms with Gasteiger partial charge in [0.25, 0.3) is 0 Å². The standard InChI is InChI=1S/C12H28N2/c1-6-13-9-8-12(5)14(7-2)10-11(3)4/h11-13H,6-10H2,1-5H3. The molecular weight excluding hydrogens is 172 g/mol. The van der Waals surface area contributed by atoms with E-state index in [1.165, 1.54) is 19.5 Å². The molecular formula is C12H28N2. The maximum absolute atomic E-state index is 3.38. The van der Waals surface area contributed by atoms with Crippen LogP contribution in [0, 0.1) is 5.92 Å². The van der Waals surface area contributed by atoms with Gasteiger partial charge in [-0.05, 0) is 38.9 Å². The number of nitrogens with one attached hydrogen (secondary N) is 1. The lowest BCUT2D eigenvalue weighted by atomic mass is 10.1. The molecule has 1 atom stereocenters. The van der Waals surface area contributed by atoms with Crippen molar-refractivity contribution in [1.29, 1.82) is 0 Å². The Kier molecular flexibility index (Phi) is 8.20. The van der Waals surface area contributed by atoms with E-state index in [1.54, 1.807) is 0 Å². The van der Waals surface area contributed by atoms with Crippen molar-refractivity contribution < 1.29 is 0 Å². The summed E-state index contributed by atoms with van der Waals surface area (Å²) in [7, 11) is 0. The quantitative estimate of drug-likeness (QED) is 0.605. The van der Waals surface area contributed by atoms with Crippen LogP contribution in [-0.2, 0) is 0 Å². The Morgan fingerprint density at radius 2 is 1.79 bits per heavy atom. The first-order valence-corrected chi connectivity index (χ1v) is 6.06. The maximum atomic E-state index is 3.38. The number of hydrogen-bond donors (Lipinski definition) is 1. The van der Waals surface area contributed by atoms with Crippen LogP contribution in [0.15, 0.2) is 0 Å². The fourth-order valence-electron chi connectivity index (χ4n) is 1.76. The predicted octanol–water partition coefficient (Wildman–Crippen LogP) is 2.35. The number of nitrogens with zero attached hydrogens (tertiary/aromatic N) is 1. The summed E-state index contributed by atoms with van der Waals surface area (Å²) in [5.41, 5.74) is 0. The van der Waals surface area contributed by atoms with Crippen molar-refractivity contribution in [2.75, 3.05) is 26.2 Å². The number of rotatable bonds is 8. The zero-order valence-corrected chi connectivity index (χ0v) is 10.6. The van der Waals surface area contributed by atoms with Gasteiger partial charge in [0.2, 0.25) is 0 Å². The highest BCUT2D eigenvalue weighted by Crippen LogP contribution is 2.06. The van der Waals surface area contributed by atoms with Gasteiger partial charge in [-0.3, -0.25) is 0 Å². The van der Waals surface area contributed by atoms with Gasteiger partial charge in [0.1, 0.15) is 0 Å². The predicted molar refractivity (Wildman–Crippen MR) is 64.7 cm³/mol. The Labute approximate surface area is 90.1 Å². The summed E-state index contributed by atoms with van der Waals surface area (Å²) in [4.78, 5) is 2.57. The average Bonchev–Trinajstić information content (AvgIpc) is 2.14. The summed E-state index contributed by atoms with van der Waals surface area (Å²) in [5.74, 6) is 0.775. The fraction of sp³-hybridized carbons (Fsp3) is 1.00. The smallest absolute Gasteiger partial charge is 0.00790 e. The van der Waals surface area contributed by atoms with E-state index in [-0.39, 0.29) is 0 Å². The zero-order chi connectivity index (χ0) is 11.0. The van der Waals surface area contributed by atoms with Gasteiger partial charge < -0.3 is 10.2 Å². The molecule has 0 amide bonds. The van der Waals surface area contributed by atoms with Crippen LogP contribution >= 0.6 is 0 Å². The van der Waals surface area contributed by atoms with Crippen LogP contribution in [0.5, 0.6) is 0 Å². The van der Waals surface area contributed by atoms with E-state index < -0.39 is 0 Å². The monoisotopic (exact) mass is 200 g/mol. The maximum Gasteiger partial charge on any atom is 0.00790 e. The molecule has 0 rings (SSSR count). The van der Waals surface area contributed by atoms with E-state index in [0.717, 1.165) is 19.0 Å². The van der Waals surface area contributed by atoms with E-state index in [9.17, 15) is 0 Å². The molecule has 0 bridgehead atoms. The van der Waals surface area contributed by atoms with E-state index in [0.29, 0.717) is 6.04 Å². The fourth-order valence-corrected chi connectivity index (χ4v) is 1.76. The largest absolute Gasteiger partial charge is 0.317 e. The summed E-state index contributed by atoms with van der Waals surface area (Å²) >= 11 is 0. The molecule has 2 nitrogen and oxygen atoms in total. The van der Waals surface area contributed by atoms with Crippen LogP contribution in [-0.4, -0.2) is 37.1 Å². The minimum absolute atomic E-state index is 0.710. The molecule has 0 fully saturated rings. The highest BCUT2D eigenvalue weighted by molar-refractivity contribution is 4.68. The summed E-state index contributed by atoms with van der Waals surface area (Å²) in [6, 6.07) is 0.710. The van der Waals surface area contributed by atoms with Crippen LogP contribution < -0.4 is 5.32 Å². The topological polar surface area (TPSA) is 15.3 Å². The molecule has 0 aliphatic carbocycles. The molecule has 14 heavy (non-hydrogen) atoms. The molecule has 2 heteroatoms. The van der Waals surface area contributed by atoms with Crippen LogP contribution in [0.1, 0.15) is 41.0 Å². The van der Waals surface area contributed by atoms with Crippen molar-refractivity contribution in [2.45, 2.75) is 47.1 Å². The summed E-state index contributed by atoms with van der Waals surface area (Å²) in [5, 5.41) is 3.38. The second-order valence-electron chi connectivity index (χ2n) is 4.47. The normalized spacial score (nSPS) is 13.9. The molecule has 1 N–H and O–H groups in total. The Morgan fingerprint density at radius 1 is 1.14 bits per heavy atom. The first-order valence-electron chi connectivity index (χ1n) is 6.06. The molecule has 1 unspecified atom stereocenters. The van der Waals surface area contributed by atoms with E-state index in [4.69, 9.17) is 0 Å². The van der Waals surface area contributed by atoms with Crippen molar-refractivity contribution in [3.63, 3.8) is 0 Å². The highest BCUT2D eigenvalue weighted by Gasteiger charge is 2.12. The Bertz CT molecular complexity index is 123. The number of hydrogen-bond acceptors (Lipinski definition) is 2. The SMILES string of the molecule is CCNCCC(C)N(CC)CC(C)C. The third-order valence-electron chi connectivity index (χ3n) is 2.62. The van der Waals surface area contributed by atoms with Gasteiger partial charge in [-0.2, -0.15) is 0 Å². The van der Waals surface area contributed by atoms with Gasteiger partial charge in [-0.1, -0.05) is 27.7 Å². The summed E-state index contributed by atoms with van der Waals surface area (Å²) in [6.07, 6.45) is 1.26. The molecule has 0 saturated heterocycles.